The van der Waals surface area contributed by atoms with Crippen LogP contribution in [0.15, 0.2) is 63.9 Å². The molecule has 2 aromatic carbocycles. The minimum atomic E-state index is 0.0229. The van der Waals surface area contributed by atoms with Crippen molar-refractivity contribution in [2.75, 3.05) is 37.6 Å². The Balaban J connectivity index is 1.12. The number of pyridine rings is 1. The fraction of sp³-hybridized carbons (Fsp3) is 0.346. The van der Waals surface area contributed by atoms with E-state index in [2.05, 4.69) is 56.1 Å². The molecule has 7 heteroatoms. The Kier molecular flexibility index (Phi) is 6.42. The lowest BCUT2D eigenvalue weighted by Crippen LogP contribution is -2.46. The highest BCUT2D eigenvalue weighted by Crippen LogP contribution is 2.20. The van der Waals surface area contributed by atoms with Crippen LogP contribution in [0.3, 0.4) is 0 Å². The molecule has 0 unspecified atom stereocenters. The third-order valence-corrected chi connectivity index (χ3v) is 7.03. The molecule has 1 saturated heterocycles. The first-order valence-electron chi connectivity index (χ1n) is 11.6. The molecule has 0 radical (unpaired) electrons. The van der Waals surface area contributed by atoms with Crippen LogP contribution in [0, 0.1) is 0 Å². The van der Waals surface area contributed by atoms with Gasteiger partial charge in [-0.3, -0.25) is 14.3 Å². The molecule has 1 aliphatic heterocycles. The first-order chi connectivity index (χ1) is 16.1. The number of nitrogens with zero attached hydrogens (tertiary/aromatic N) is 5. The van der Waals surface area contributed by atoms with Gasteiger partial charge in [0.15, 0.2) is 0 Å². The number of piperazine rings is 1. The van der Waals surface area contributed by atoms with E-state index in [1.807, 2.05) is 31.3 Å². The average Bonchev–Trinajstić information content (AvgIpc) is 2.85. The predicted octanol–water partition coefficient (Wildman–Crippen LogP) is 4.39. The van der Waals surface area contributed by atoms with Gasteiger partial charge in [-0.15, -0.1) is 0 Å². The van der Waals surface area contributed by atoms with E-state index in [1.54, 1.807) is 4.57 Å². The Morgan fingerprint density at radius 2 is 1.73 bits per heavy atom. The number of aromatic nitrogens is 3. The molecule has 0 amide bonds. The van der Waals surface area contributed by atoms with Gasteiger partial charge in [-0.1, -0.05) is 34.1 Å². The molecule has 4 aromatic rings. The second-order valence-electron chi connectivity index (χ2n) is 8.70. The minimum Gasteiger partial charge on any atom is -0.354 e. The van der Waals surface area contributed by atoms with Crippen LogP contribution >= 0.6 is 15.9 Å². The lowest BCUT2D eigenvalue weighted by molar-refractivity contribution is 0.252. The van der Waals surface area contributed by atoms with Crippen LogP contribution in [0.2, 0.25) is 0 Å². The van der Waals surface area contributed by atoms with E-state index in [0.29, 0.717) is 5.39 Å². The van der Waals surface area contributed by atoms with Crippen molar-refractivity contribution in [1.82, 2.24) is 19.4 Å². The first-order valence-corrected chi connectivity index (χ1v) is 12.4. The van der Waals surface area contributed by atoms with Crippen LogP contribution < -0.4 is 10.5 Å². The summed E-state index contributed by atoms with van der Waals surface area (Å²) in [6.45, 7) is 5.18. The molecule has 0 atom stereocenters. The zero-order chi connectivity index (χ0) is 22.8. The molecule has 5 rings (SSSR count). The average molecular weight is 506 g/mol. The summed E-state index contributed by atoms with van der Waals surface area (Å²) < 4.78 is 2.60. The highest BCUT2D eigenvalue weighted by Gasteiger charge is 2.18. The molecular weight excluding hydrogens is 478 g/mol. The molecule has 0 N–H and O–H groups in total. The van der Waals surface area contributed by atoms with E-state index in [-0.39, 0.29) is 5.56 Å². The summed E-state index contributed by atoms with van der Waals surface area (Å²) in [6, 6.07) is 18.3. The van der Waals surface area contributed by atoms with Crippen LogP contribution in [0.1, 0.15) is 18.7 Å². The van der Waals surface area contributed by atoms with Crippen molar-refractivity contribution in [1.29, 1.82) is 0 Å². The number of anilines is 1. The monoisotopic (exact) mass is 505 g/mol. The summed E-state index contributed by atoms with van der Waals surface area (Å²) in [5.74, 6) is 1.94. The van der Waals surface area contributed by atoms with Crippen molar-refractivity contribution in [2.24, 2.45) is 7.05 Å². The SMILES string of the molecule is Cn1c(CCCCN2CCN(c3ccc4ccccc4n3)CC2)nc2ccc(Br)cc2c1=O. The topological polar surface area (TPSA) is 54.3 Å². The van der Waals surface area contributed by atoms with Crippen molar-refractivity contribution in [3.8, 4) is 0 Å². The zero-order valence-electron chi connectivity index (χ0n) is 18.9. The Hall–Kier alpha value is -2.77. The van der Waals surface area contributed by atoms with Crippen molar-refractivity contribution < 1.29 is 0 Å². The second-order valence-corrected chi connectivity index (χ2v) is 9.62. The van der Waals surface area contributed by atoms with Crippen LogP contribution in [0.4, 0.5) is 5.82 Å². The van der Waals surface area contributed by atoms with E-state index in [0.717, 1.165) is 79.1 Å². The number of aryl methyl sites for hydroxylation is 1. The lowest BCUT2D eigenvalue weighted by Gasteiger charge is -2.35. The summed E-state index contributed by atoms with van der Waals surface area (Å²) in [6.07, 6.45) is 2.94. The molecule has 0 aliphatic carbocycles. The van der Waals surface area contributed by atoms with Crippen molar-refractivity contribution >= 4 is 43.6 Å². The van der Waals surface area contributed by atoms with Crippen LogP contribution in [0.5, 0.6) is 0 Å². The number of fused-ring (bicyclic) bond motifs is 2. The fourth-order valence-corrected chi connectivity index (χ4v) is 4.92. The molecule has 1 aliphatic rings. The Bertz CT molecular complexity index is 1340. The minimum absolute atomic E-state index is 0.0229. The summed E-state index contributed by atoms with van der Waals surface area (Å²) in [7, 11) is 1.82. The molecule has 0 bridgehead atoms. The van der Waals surface area contributed by atoms with Gasteiger partial charge >= 0.3 is 0 Å². The van der Waals surface area contributed by atoms with Crippen LogP contribution in [-0.2, 0) is 13.5 Å². The maximum atomic E-state index is 12.7. The summed E-state index contributed by atoms with van der Waals surface area (Å²) >= 11 is 3.44. The van der Waals surface area contributed by atoms with Crippen LogP contribution in [0.25, 0.3) is 21.8 Å². The number of hydrogen-bond donors (Lipinski definition) is 0. The quantitative estimate of drug-likeness (QED) is 0.363. The summed E-state index contributed by atoms with van der Waals surface area (Å²) in [4.78, 5) is 27.2. The molecule has 6 nitrogen and oxygen atoms in total. The largest absolute Gasteiger partial charge is 0.354 e. The van der Waals surface area contributed by atoms with Crippen molar-refractivity contribution in [3.05, 3.63) is 75.2 Å². The number of para-hydroxylation sites is 1. The number of benzene rings is 2. The van der Waals surface area contributed by atoms with Gasteiger partial charge in [0.2, 0.25) is 0 Å². The van der Waals surface area contributed by atoms with Gasteiger partial charge in [0, 0.05) is 49.5 Å². The smallest absolute Gasteiger partial charge is 0.261 e. The standard InChI is InChI=1S/C26H28BrN5O/c1-30-24(29-23-11-10-20(27)18-21(23)26(30)33)8-4-5-13-31-14-16-32(17-15-31)25-12-9-19-6-2-3-7-22(19)28-25/h2-3,6-7,9-12,18H,4-5,8,13-17H2,1H3. The number of unbranched alkanes of at least 4 members (excludes halogenated alkanes) is 1. The van der Waals surface area contributed by atoms with E-state index in [9.17, 15) is 4.79 Å². The van der Waals surface area contributed by atoms with Gasteiger partial charge < -0.3 is 4.90 Å². The van der Waals surface area contributed by atoms with Gasteiger partial charge in [0.05, 0.1) is 16.4 Å². The van der Waals surface area contributed by atoms with Gasteiger partial charge in [-0.25, -0.2) is 9.97 Å². The molecule has 1 fully saturated rings. The van der Waals surface area contributed by atoms with E-state index < -0.39 is 0 Å². The molecule has 170 valence electrons. The Morgan fingerprint density at radius 3 is 2.58 bits per heavy atom. The Labute approximate surface area is 202 Å². The van der Waals surface area contributed by atoms with E-state index in [4.69, 9.17) is 9.97 Å². The third kappa shape index (κ3) is 4.80. The number of hydrogen-bond acceptors (Lipinski definition) is 5. The fourth-order valence-electron chi connectivity index (χ4n) is 4.56. The summed E-state index contributed by atoms with van der Waals surface area (Å²) in [5, 5.41) is 1.85. The normalized spacial score (nSPS) is 14.9. The van der Waals surface area contributed by atoms with Gasteiger partial charge in [-0.05, 0) is 55.8 Å². The molecule has 0 spiro atoms. The molecule has 3 heterocycles. The Morgan fingerprint density at radius 1 is 0.909 bits per heavy atom. The van der Waals surface area contributed by atoms with E-state index >= 15 is 0 Å². The van der Waals surface area contributed by atoms with Crippen molar-refractivity contribution in [3.63, 3.8) is 0 Å². The van der Waals surface area contributed by atoms with Gasteiger partial charge in [0.1, 0.15) is 11.6 Å². The van der Waals surface area contributed by atoms with Crippen LogP contribution in [-0.4, -0.2) is 52.2 Å². The molecule has 33 heavy (non-hydrogen) atoms. The highest BCUT2D eigenvalue weighted by atomic mass is 79.9. The highest BCUT2D eigenvalue weighted by molar-refractivity contribution is 9.10. The van der Waals surface area contributed by atoms with E-state index in [1.165, 1.54) is 5.39 Å². The zero-order valence-corrected chi connectivity index (χ0v) is 20.5. The second kappa shape index (κ2) is 9.61. The molecule has 2 aromatic heterocycles. The molecule has 0 saturated carbocycles. The predicted molar refractivity (Wildman–Crippen MR) is 138 cm³/mol. The first kappa shape index (κ1) is 22.0. The molecular formula is C26H28BrN5O. The lowest BCUT2D eigenvalue weighted by atomic mass is 10.2. The summed E-state index contributed by atoms with van der Waals surface area (Å²) in [5.41, 5.74) is 1.85. The third-order valence-electron chi connectivity index (χ3n) is 6.54. The number of halogens is 1. The maximum Gasteiger partial charge on any atom is 0.261 e. The number of rotatable bonds is 6. The van der Waals surface area contributed by atoms with Gasteiger partial charge in [0.25, 0.3) is 5.56 Å². The van der Waals surface area contributed by atoms with Gasteiger partial charge in [-0.2, -0.15) is 0 Å². The van der Waals surface area contributed by atoms with Crippen molar-refractivity contribution in [2.45, 2.75) is 19.3 Å². The maximum absolute atomic E-state index is 12.7.